The highest BCUT2D eigenvalue weighted by Crippen LogP contribution is 2.20. The Morgan fingerprint density at radius 3 is 2.48 bits per heavy atom. The smallest absolute Gasteiger partial charge is 0.337 e. The number of rotatable bonds is 5. The quantitative estimate of drug-likeness (QED) is 0.822. The Morgan fingerprint density at radius 2 is 1.83 bits per heavy atom. The Kier molecular flexibility index (Phi) is 5.60. The summed E-state index contributed by atoms with van der Waals surface area (Å²) in [7, 11) is 1.33. The minimum atomic E-state index is -0.397. The van der Waals surface area contributed by atoms with Crippen molar-refractivity contribution in [1.29, 1.82) is 0 Å². The number of carbonyl (C=O) groups is 2. The van der Waals surface area contributed by atoms with Crippen LogP contribution < -0.4 is 10.6 Å². The number of amides is 1. The van der Waals surface area contributed by atoms with Crippen LogP contribution in [-0.4, -0.2) is 25.5 Å². The Labute approximate surface area is 139 Å². The molecule has 2 rings (SSSR count). The predicted molar refractivity (Wildman–Crippen MR) is 91.1 cm³/mol. The first kappa shape index (κ1) is 16.8. The molecule has 0 saturated heterocycles. The highest BCUT2D eigenvalue weighted by molar-refractivity contribution is 6.31. The van der Waals surface area contributed by atoms with Gasteiger partial charge in [-0.05, 0) is 48.9 Å². The highest BCUT2D eigenvalue weighted by Gasteiger charge is 2.07. The van der Waals surface area contributed by atoms with Crippen LogP contribution in [0.5, 0.6) is 0 Å². The minimum absolute atomic E-state index is 0.101. The van der Waals surface area contributed by atoms with Gasteiger partial charge in [-0.3, -0.25) is 4.79 Å². The normalized spacial score (nSPS) is 10.0. The Balaban J connectivity index is 1.91. The number of benzene rings is 2. The maximum absolute atomic E-state index is 12.0. The molecule has 0 unspecified atom stereocenters. The molecule has 23 heavy (non-hydrogen) atoms. The summed E-state index contributed by atoms with van der Waals surface area (Å²) in [5, 5.41) is 6.35. The fourth-order valence-corrected chi connectivity index (χ4v) is 2.12. The van der Waals surface area contributed by atoms with Gasteiger partial charge in [0.25, 0.3) is 0 Å². The number of esters is 1. The van der Waals surface area contributed by atoms with Gasteiger partial charge >= 0.3 is 5.97 Å². The molecule has 6 heteroatoms. The molecule has 5 nitrogen and oxygen atoms in total. The Hall–Kier alpha value is -2.53. The zero-order chi connectivity index (χ0) is 16.8. The van der Waals surface area contributed by atoms with Crippen molar-refractivity contribution < 1.29 is 14.3 Å². The lowest BCUT2D eigenvalue weighted by atomic mass is 10.2. The molecule has 120 valence electrons. The van der Waals surface area contributed by atoms with Gasteiger partial charge in [-0.25, -0.2) is 4.79 Å². The van der Waals surface area contributed by atoms with Crippen LogP contribution in [0.1, 0.15) is 15.9 Å². The second-order valence-corrected chi connectivity index (χ2v) is 5.37. The van der Waals surface area contributed by atoms with Gasteiger partial charge in [0.1, 0.15) is 0 Å². The van der Waals surface area contributed by atoms with Crippen LogP contribution in [0, 0.1) is 6.92 Å². The first-order valence-corrected chi connectivity index (χ1v) is 7.35. The van der Waals surface area contributed by atoms with E-state index in [1.165, 1.54) is 7.11 Å². The van der Waals surface area contributed by atoms with Crippen molar-refractivity contribution in [2.45, 2.75) is 6.92 Å². The SMILES string of the molecule is COC(=O)c1ccc(NCC(=O)Nc2cc(Cl)ccc2C)cc1. The van der Waals surface area contributed by atoms with Crippen molar-refractivity contribution in [1.82, 2.24) is 0 Å². The minimum Gasteiger partial charge on any atom is -0.465 e. The molecule has 0 atom stereocenters. The third-order valence-electron chi connectivity index (χ3n) is 3.23. The average molecular weight is 333 g/mol. The van der Waals surface area contributed by atoms with Crippen molar-refractivity contribution in [3.8, 4) is 0 Å². The van der Waals surface area contributed by atoms with Crippen molar-refractivity contribution in [3.63, 3.8) is 0 Å². The van der Waals surface area contributed by atoms with E-state index in [9.17, 15) is 9.59 Å². The topological polar surface area (TPSA) is 67.4 Å². The number of ether oxygens (including phenoxy) is 1. The maximum atomic E-state index is 12.0. The van der Waals surface area contributed by atoms with Gasteiger partial charge in [-0.15, -0.1) is 0 Å². The largest absolute Gasteiger partial charge is 0.465 e. The molecule has 1 amide bonds. The van der Waals surface area contributed by atoms with Gasteiger partial charge in [0.05, 0.1) is 19.2 Å². The second kappa shape index (κ2) is 7.65. The van der Waals surface area contributed by atoms with Crippen molar-refractivity contribution in [2.24, 2.45) is 0 Å². The van der Waals surface area contributed by atoms with Gasteiger partial charge in [-0.1, -0.05) is 17.7 Å². The number of halogens is 1. The molecule has 0 bridgehead atoms. The number of methoxy groups -OCH3 is 1. The van der Waals surface area contributed by atoms with Crippen LogP contribution in [0.15, 0.2) is 42.5 Å². The highest BCUT2D eigenvalue weighted by atomic mass is 35.5. The fourth-order valence-electron chi connectivity index (χ4n) is 1.95. The first-order valence-electron chi connectivity index (χ1n) is 6.98. The molecule has 0 saturated carbocycles. The molecule has 0 fully saturated rings. The molecule has 0 aliphatic carbocycles. The van der Waals surface area contributed by atoms with Crippen LogP contribution >= 0.6 is 11.6 Å². The summed E-state index contributed by atoms with van der Waals surface area (Å²) < 4.78 is 4.63. The van der Waals surface area contributed by atoms with E-state index in [-0.39, 0.29) is 12.5 Å². The summed E-state index contributed by atoms with van der Waals surface area (Å²) in [6.45, 7) is 1.99. The van der Waals surface area contributed by atoms with E-state index < -0.39 is 5.97 Å². The number of anilines is 2. The van der Waals surface area contributed by atoms with Crippen LogP contribution in [0.4, 0.5) is 11.4 Å². The van der Waals surface area contributed by atoms with E-state index in [1.807, 2.05) is 13.0 Å². The van der Waals surface area contributed by atoms with E-state index in [2.05, 4.69) is 15.4 Å². The van der Waals surface area contributed by atoms with E-state index >= 15 is 0 Å². The number of nitrogens with one attached hydrogen (secondary N) is 2. The van der Waals surface area contributed by atoms with Gasteiger partial charge in [0, 0.05) is 16.4 Å². The number of hydrogen-bond acceptors (Lipinski definition) is 4. The number of aryl methyl sites for hydroxylation is 1. The van der Waals surface area contributed by atoms with Crippen LogP contribution in [-0.2, 0) is 9.53 Å². The summed E-state index contributed by atoms with van der Waals surface area (Å²) in [5.41, 5.74) is 2.81. The molecule has 0 aliphatic heterocycles. The average Bonchev–Trinajstić information content (AvgIpc) is 2.56. The third-order valence-corrected chi connectivity index (χ3v) is 3.47. The summed E-state index contributed by atoms with van der Waals surface area (Å²) in [6.07, 6.45) is 0. The summed E-state index contributed by atoms with van der Waals surface area (Å²) in [4.78, 5) is 23.3. The molecule has 0 aliphatic rings. The van der Waals surface area contributed by atoms with E-state index in [0.29, 0.717) is 16.3 Å². The third kappa shape index (κ3) is 4.72. The van der Waals surface area contributed by atoms with Crippen LogP contribution in [0.2, 0.25) is 5.02 Å². The lowest BCUT2D eigenvalue weighted by Gasteiger charge is -2.10. The van der Waals surface area contributed by atoms with Crippen molar-refractivity contribution in [3.05, 3.63) is 58.6 Å². The maximum Gasteiger partial charge on any atom is 0.337 e. The van der Waals surface area contributed by atoms with Gasteiger partial charge < -0.3 is 15.4 Å². The lowest BCUT2D eigenvalue weighted by Crippen LogP contribution is -2.22. The zero-order valence-electron chi connectivity index (χ0n) is 12.9. The zero-order valence-corrected chi connectivity index (χ0v) is 13.6. The summed E-state index contributed by atoms with van der Waals surface area (Å²) in [5.74, 6) is -0.585. The molecule has 2 aromatic carbocycles. The van der Waals surface area contributed by atoms with Crippen LogP contribution in [0.3, 0.4) is 0 Å². The number of carbonyl (C=O) groups excluding carboxylic acids is 2. The molecule has 2 N–H and O–H groups in total. The monoisotopic (exact) mass is 332 g/mol. The van der Waals surface area contributed by atoms with E-state index in [1.54, 1.807) is 36.4 Å². The van der Waals surface area contributed by atoms with Crippen molar-refractivity contribution >= 4 is 34.9 Å². The van der Waals surface area contributed by atoms with E-state index in [4.69, 9.17) is 11.6 Å². The summed E-state index contributed by atoms with van der Waals surface area (Å²) >= 11 is 5.92. The van der Waals surface area contributed by atoms with E-state index in [0.717, 1.165) is 11.3 Å². The van der Waals surface area contributed by atoms with Crippen molar-refractivity contribution in [2.75, 3.05) is 24.3 Å². The molecular weight excluding hydrogens is 316 g/mol. The predicted octanol–water partition coefficient (Wildman–Crippen LogP) is 3.49. The van der Waals surface area contributed by atoms with Crippen LogP contribution in [0.25, 0.3) is 0 Å². The molecule has 0 aromatic heterocycles. The second-order valence-electron chi connectivity index (χ2n) is 4.93. The standard InChI is InChI=1S/C17H17ClN2O3/c1-11-3-6-13(18)9-15(11)20-16(21)10-19-14-7-4-12(5-8-14)17(22)23-2/h3-9,19H,10H2,1-2H3,(H,20,21). The molecule has 0 heterocycles. The molecule has 2 aromatic rings. The molecule has 0 radical (unpaired) electrons. The van der Waals surface area contributed by atoms with Gasteiger partial charge in [-0.2, -0.15) is 0 Å². The fraction of sp³-hybridized carbons (Fsp3) is 0.176. The first-order chi connectivity index (χ1) is 11.0. The van der Waals surface area contributed by atoms with Gasteiger partial charge in [0.2, 0.25) is 5.91 Å². The number of hydrogen-bond donors (Lipinski definition) is 2. The lowest BCUT2D eigenvalue weighted by molar-refractivity contribution is -0.114. The molecular formula is C17H17ClN2O3. The molecule has 0 spiro atoms. The summed E-state index contributed by atoms with van der Waals surface area (Å²) in [6, 6.07) is 12.0. The van der Waals surface area contributed by atoms with Gasteiger partial charge in [0.15, 0.2) is 0 Å². The Bertz CT molecular complexity index is 714. The Morgan fingerprint density at radius 1 is 1.13 bits per heavy atom.